The maximum absolute atomic E-state index is 12.8. The van der Waals surface area contributed by atoms with Crippen LogP contribution in [-0.4, -0.2) is 36.9 Å². The maximum atomic E-state index is 12.8. The van der Waals surface area contributed by atoms with E-state index in [9.17, 15) is 9.59 Å². The van der Waals surface area contributed by atoms with Gasteiger partial charge in [-0.25, -0.2) is 4.98 Å². The van der Waals surface area contributed by atoms with Crippen molar-refractivity contribution in [2.24, 2.45) is 5.92 Å². The number of rotatable bonds is 8. The fraction of sp³-hybridized carbons (Fsp3) is 0.381. The Labute approximate surface area is 177 Å². The molecule has 0 fully saturated rings. The summed E-state index contributed by atoms with van der Waals surface area (Å²) in [6.45, 7) is 3.97. The predicted octanol–water partition coefficient (Wildman–Crippen LogP) is 2.55. The average Bonchev–Trinajstić information content (AvgIpc) is 2.72. The van der Waals surface area contributed by atoms with Crippen molar-refractivity contribution >= 4 is 29.8 Å². The Morgan fingerprint density at radius 3 is 2.52 bits per heavy atom. The van der Waals surface area contributed by atoms with Gasteiger partial charge in [-0.3, -0.25) is 9.59 Å². The Hall–Kier alpha value is -2.64. The van der Waals surface area contributed by atoms with E-state index in [-0.39, 0.29) is 36.3 Å². The minimum absolute atomic E-state index is 0. The lowest BCUT2D eigenvalue weighted by Crippen LogP contribution is -2.42. The molecule has 1 atom stereocenters. The molecule has 29 heavy (non-hydrogen) atoms. The largest absolute Gasteiger partial charge is 0.478 e. The van der Waals surface area contributed by atoms with Gasteiger partial charge in [0, 0.05) is 25.7 Å². The number of Topliss-reactive ketones (excluding diaryl/α,β-unsaturated/α-hetero) is 1. The summed E-state index contributed by atoms with van der Waals surface area (Å²) >= 11 is 0. The molecule has 1 aromatic heterocycles. The van der Waals surface area contributed by atoms with Crippen LogP contribution in [0.5, 0.6) is 5.88 Å². The van der Waals surface area contributed by atoms with E-state index in [0.29, 0.717) is 24.7 Å². The van der Waals surface area contributed by atoms with Gasteiger partial charge in [0.05, 0.1) is 12.3 Å². The molecule has 8 heteroatoms. The fourth-order valence-electron chi connectivity index (χ4n) is 3.03. The van der Waals surface area contributed by atoms with E-state index in [1.807, 2.05) is 38.2 Å². The first-order chi connectivity index (χ1) is 13.6. The highest BCUT2D eigenvalue weighted by Crippen LogP contribution is 2.26. The molecule has 1 aliphatic heterocycles. The molecule has 3 rings (SSSR count). The van der Waals surface area contributed by atoms with Gasteiger partial charge in [0.15, 0.2) is 5.78 Å². The molecule has 0 aliphatic carbocycles. The molecule has 1 unspecified atom stereocenters. The van der Waals surface area contributed by atoms with E-state index >= 15 is 0 Å². The zero-order valence-corrected chi connectivity index (χ0v) is 17.5. The van der Waals surface area contributed by atoms with Crippen LogP contribution < -0.4 is 20.7 Å². The van der Waals surface area contributed by atoms with Crippen molar-refractivity contribution in [3.05, 3.63) is 53.2 Å². The molecule has 0 saturated heterocycles. The lowest BCUT2D eigenvalue weighted by atomic mass is 9.95. The number of hydrogen-bond acceptors (Lipinski definition) is 6. The van der Waals surface area contributed by atoms with Crippen molar-refractivity contribution in [2.45, 2.75) is 26.4 Å². The number of pyridine rings is 1. The normalized spacial score (nSPS) is 15.0. The molecule has 1 aromatic carbocycles. The highest BCUT2D eigenvalue weighted by Gasteiger charge is 2.34. The minimum atomic E-state index is -0.801. The second-order valence-corrected chi connectivity index (χ2v) is 6.76. The molecule has 2 heterocycles. The number of amides is 1. The summed E-state index contributed by atoms with van der Waals surface area (Å²) in [6.07, 6.45) is 0.853. The van der Waals surface area contributed by atoms with Gasteiger partial charge in [0.2, 0.25) is 11.8 Å². The molecule has 7 nitrogen and oxygen atoms in total. The number of halogens is 1. The molecule has 0 saturated carbocycles. The molecule has 2 aromatic rings. The number of benzene rings is 1. The Morgan fingerprint density at radius 2 is 1.86 bits per heavy atom. The van der Waals surface area contributed by atoms with Crippen LogP contribution in [-0.2, 0) is 17.9 Å². The Morgan fingerprint density at radius 1 is 1.17 bits per heavy atom. The number of anilines is 1. The third-order valence-corrected chi connectivity index (χ3v) is 4.56. The summed E-state index contributed by atoms with van der Waals surface area (Å²) in [5, 5.41) is 9.07. The second-order valence-electron chi connectivity index (χ2n) is 6.76. The Balaban J connectivity index is 0.00000300. The number of nitrogens with one attached hydrogen (secondary N) is 3. The standard InChI is InChI=1S/C21H26N4O3.ClH/c1-3-10-28-18-9-8-17-19(25-18)20(26)16(13-23-17)21(27)24-12-15-6-4-14(5-7-15)11-22-2;/h4-9,16,22-23H,3,10-13H2,1-2H3,(H,24,27);1H. The number of carbonyl (C=O) groups is 2. The molecule has 1 amide bonds. The van der Waals surface area contributed by atoms with Crippen LogP contribution in [0.4, 0.5) is 5.69 Å². The third-order valence-electron chi connectivity index (χ3n) is 4.56. The molecule has 1 aliphatic rings. The van der Waals surface area contributed by atoms with Crippen molar-refractivity contribution in [2.75, 3.05) is 25.5 Å². The molecule has 156 valence electrons. The van der Waals surface area contributed by atoms with Crippen LogP contribution in [0, 0.1) is 5.92 Å². The molecular weight excluding hydrogens is 392 g/mol. The molecule has 3 N–H and O–H groups in total. The summed E-state index contributed by atoms with van der Waals surface area (Å²) in [7, 11) is 1.90. The van der Waals surface area contributed by atoms with E-state index in [0.717, 1.165) is 18.5 Å². The van der Waals surface area contributed by atoms with Crippen LogP contribution in [0.25, 0.3) is 0 Å². The summed E-state index contributed by atoms with van der Waals surface area (Å²) in [5.74, 6) is -0.981. The molecule has 0 bridgehead atoms. The van der Waals surface area contributed by atoms with Crippen molar-refractivity contribution in [1.82, 2.24) is 15.6 Å². The number of aromatic nitrogens is 1. The summed E-state index contributed by atoms with van der Waals surface area (Å²) < 4.78 is 5.50. The number of fused-ring (bicyclic) bond motifs is 1. The summed E-state index contributed by atoms with van der Waals surface area (Å²) in [5.41, 5.74) is 3.06. The van der Waals surface area contributed by atoms with Crippen LogP contribution >= 0.6 is 12.4 Å². The van der Waals surface area contributed by atoms with Crippen molar-refractivity contribution in [3.63, 3.8) is 0 Å². The lowest BCUT2D eigenvalue weighted by molar-refractivity contribution is -0.123. The summed E-state index contributed by atoms with van der Waals surface area (Å²) in [4.78, 5) is 29.7. The quantitative estimate of drug-likeness (QED) is 0.570. The number of ketones is 1. The highest BCUT2D eigenvalue weighted by atomic mass is 35.5. The Kier molecular flexibility index (Phi) is 8.42. The van der Waals surface area contributed by atoms with Crippen LogP contribution in [0.3, 0.4) is 0 Å². The first-order valence-corrected chi connectivity index (χ1v) is 9.54. The SMILES string of the molecule is CCCOc1ccc2c(n1)C(=O)C(C(=O)NCc1ccc(CNC)cc1)CN2.Cl. The van der Waals surface area contributed by atoms with E-state index in [1.54, 1.807) is 12.1 Å². The van der Waals surface area contributed by atoms with Crippen molar-refractivity contribution < 1.29 is 14.3 Å². The van der Waals surface area contributed by atoms with Gasteiger partial charge in [-0.15, -0.1) is 12.4 Å². The molecule has 0 radical (unpaired) electrons. The monoisotopic (exact) mass is 418 g/mol. The highest BCUT2D eigenvalue weighted by molar-refractivity contribution is 6.13. The van der Waals surface area contributed by atoms with Gasteiger partial charge in [-0.2, -0.15) is 0 Å². The third kappa shape index (κ3) is 5.68. The van der Waals surface area contributed by atoms with Crippen LogP contribution in [0.1, 0.15) is 35.0 Å². The van der Waals surface area contributed by atoms with Gasteiger partial charge in [0.25, 0.3) is 0 Å². The zero-order valence-electron chi connectivity index (χ0n) is 16.7. The maximum Gasteiger partial charge on any atom is 0.233 e. The van der Waals surface area contributed by atoms with Gasteiger partial charge >= 0.3 is 0 Å². The van der Waals surface area contributed by atoms with Crippen molar-refractivity contribution in [1.29, 1.82) is 0 Å². The van der Waals surface area contributed by atoms with E-state index < -0.39 is 5.92 Å². The Bertz CT molecular complexity index is 842. The minimum Gasteiger partial charge on any atom is -0.478 e. The van der Waals surface area contributed by atoms with Crippen LogP contribution in [0.2, 0.25) is 0 Å². The first kappa shape index (κ1) is 22.6. The topological polar surface area (TPSA) is 92.3 Å². The number of hydrogen-bond donors (Lipinski definition) is 3. The second kappa shape index (κ2) is 10.8. The zero-order chi connectivity index (χ0) is 19.9. The van der Waals surface area contributed by atoms with Crippen molar-refractivity contribution in [3.8, 4) is 5.88 Å². The van der Waals surface area contributed by atoms with Crippen LogP contribution in [0.15, 0.2) is 36.4 Å². The molecule has 0 spiro atoms. The predicted molar refractivity (Wildman–Crippen MR) is 115 cm³/mol. The van der Waals surface area contributed by atoms with Gasteiger partial charge < -0.3 is 20.7 Å². The number of ether oxygens (including phenoxy) is 1. The fourth-order valence-corrected chi connectivity index (χ4v) is 3.03. The molecular formula is C21H27ClN4O3. The summed E-state index contributed by atoms with van der Waals surface area (Å²) in [6, 6.07) is 11.5. The lowest BCUT2D eigenvalue weighted by Gasteiger charge is -2.24. The smallest absolute Gasteiger partial charge is 0.233 e. The van der Waals surface area contributed by atoms with Gasteiger partial charge in [-0.1, -0.05) is 31.2 Å². The van der Waals surface area contributed by atoms with Gasteiger partial charge in [0.1, 0.15) is 11.6 Å². The first-order valence-electron chi connectivity index (χ1n) is 9.54. The van der Waals surface area contributed by atoms with Gasteiger partial charge in [-0.05, 0) is 30.7 Å². The number of carbonyl (C=O) groups excluding carboxylic acids is 2. The average molecular weight is 419 g/mol. The van der Waals surface area contributed by atoms with E-state index in [1.165, 1.54) is 5.56 Å². The van der Waals surface area contributed by atoms with E-state index in [2.05, 4.69) is 20.9 Å². The number of nitrogens with zero attached hydrogens (tertiary/aromatic N) is 1. The van der Waals surface area contributed by atoms with E-state index in [4.69, 9.17) is 4.74 Å².